The first-order chi connectivity index (χ1) is 14.0. The lowest BCUT2D eigenvalue weighted by atomic mass is 10.2. The number of para-hydroxylation sites is 1. The number of hydrogen-bond acceptors (Lipinski definition) is 2. The van der Waals surface area contributed by atoms with Crippen LogP contribution in [0.1, 0.15) is 5.69 Å². The highest BCUT2D eigenvalue weighted by molar-refractivity contribution is 5.96. The molecule has 0 spiro atoms. The number of benzene rings is 2. The SMILES string of the molecule is Cc1cc2ccccc2n1CCNC(=O)CN1CCN(c2ccc(F)cc2)C1=O. The van der Waals surface area contributed by atoms with Crippen molar-refractivity contribution >= 4 is 28.5 Å². The number of hydrogen-bond donors (Lipinski definition) is 1. The van der Waals surface area contributed by atoms with E-state index >= 15 is 0 Å². The van der Waals surface area contributed by atoms with Crippen molar-refractivity contribution in [3.63, 3.8) is 0 Å². The maximum atomic E-state index is 13.1. The minimum Gasteiger partial charge on any atom is -0.353 e. The van der Waals surface area contributed by atoms with Crippen LogP contribution in [0.5, 0.6) is 0 Å². The fraction of sp³-hybridized carbons (Fsp3) is 0.273. The first-order valence-corrected chi connectivity index (χ1v) is 9.66. The molecule has 2 heterocycles. The van der Waals surface area contributed by atoms with E-state index in [1.165, 1.54) is 22.4 Å². The summed E-state index contributed by atoms with van der Waals surface area (Å²) >= 11 is 0. The normalized spacial score (nSPS) is 14.1. The molecule has 0 radical (unpaired) electrons. The van der Waals surface area contributed by atoms with Gasteiger partial charge in [0.05, 0.1) is 0 Å². The molecule has 0 atom stereocenters. The average Bonchev–Trinajstić information content (AvgIpc) is 3.22. The van der Waals surface area contributed by atoms with Gasteiger partial charge in [0, 0.05) is 43.1 Å². The summed E-state index contributed by atoms with van der Waals surface area (Å²) in [6.07, 6.45) is 0. The minimum absolute atomic E-state index is 0.0158. The second-order valence-corrected chi connectivity index (χ2v) is 7.18. The molecule has 1 aliphatic heterocycles. The van der Waals surface area contributed by atoms with Gasteiger partial charge in [-0.25, -0.2) is 9.18 Å². The largest absolute Gasteiger partial charge is 0.353 e. The van der Waals surface area contributed by atoms with Crippen molar-refractivity contribution in [3.05, 3.63) is 66.1 Å². The predicted molar refractivity (Wildman–Crippen MR) is 110 cm³/mol. The Morgan fingerprint density at radius 2 is 1.86 bits per heavy atom. The third-order valence-electron chi connectivity index (χ3n) is 5.24. The Morgan fingerprint density at radius 1 is 1.10 bits per heavy atom. The monoisotopic (exact) mass is 394 g/mol. The number of aromatic nitrogens is 1. The van der Waals surface area contributed by atoms with Gasteiger partial charge < -0.3 is 14.8 Å². The van der Waals surface area contributed by atoms with E-state index in [0.29, 0.717) is 31.9 Å². The van der Waals surface area contributed by atoms with Crippen LogP contribution in [0, 0.1) is 12.7 Å². The molecule has 0 unspecified atom stereocenters. The van der Waals surface area contributed by atoms with Crippen molar-refractivity contribution < 1.29 is 14.0 Å². The zero-order valence-corrected chi connectivity index (χ0v) is 16.3. The summed E-state index contributed by atoms with van der Waals surface area (Å²) in [6.45, 7) is 4.16. The van der Waals surface area contributed by atoms with Crippen molar-refractivity contribution in [2.75, 3.05) is 31.1 Å². The number of amides is 3. The van der Waals surface area contributed by atoms with Crippen LogP contribution in [0.15, 0.2) is 54.6 Å². The van der Waals surface area contributed by atoms with Crippen LogP contribution in [0.4, 0.5) is 14.9 Å². The number of fused-ring (bicyclic) bond motifs is 1. The average molecular weight is 394 g/mol. The van der Waals surface area contributed by atoms with Gasteiger partial charge in [0.15, 0.2) is 0 Å². The van der Waals surface area contributed by atoms with E-state index in [2.05, 4.69) is 35.0 Å². The number of carbonyl (C=O) groups is 2. The number of urea groups is 1. The van der Waals surface area contributed by atoms with Crippen LogP contribution in [0.3, 0.4) is 0 Å². The number of halogens is 1. The van der Waals surface area contributed by atoms with Gasteiger partial charge in [-0.3, -0.25) is 9.69 Å². The highest BCUT2D eigenvalue weighted by Gasteiger charge is 2.30. The second kappa shape index (κ2) is 7.95. The van der Waals surface area contributed by atoms with Gasteiger partial charge in [-0.2, -0.15) is 0 Å². The Balaban J connectivity index is 1.30. The Morgan fingerprint density at radius 3 is 2.66 bits per heavy atom. The van der Waals surface area contributed by atoms with E-state index in [1.54, 1.807) is 17.0 Å². The zero-order valence-electron chi connectivity index (χ0n) is 16.3. The molecule has 29 heavy (non-hydrogen) atoms. The number of nitrogens with one attached hydrogen (secondary N) is 1. The molecule has 1 aromatic heterocycles. The van der Waals surface area contributed by atoms with Gasteiger partial charge in [-0.1, -0.05) is 18.2 Å². The lowest BCUT2D eigenvalue weighted by Gasteiger charge is -2.18. The molecular formula is C22H23FN4O2. The molecule has 4 rings (SSSR count). The van der Waals surface area contributed by atoms with E-state index in [-0.39, 0.29) is 24.3 Å². The maximum Gasteiger partial charge on any atom is 0.325 e. The van der Waals surface area contributed by atoms with E-state index < -0.39 is 0 Å². The highest BCUT2D eigenvalue weighted by atomic mass is 19.1. The van der Waals surface area contributed by atoms with Gasteiger partial charge in [0.25, 0.3) is 0 Å². The molecule has 150 valence electrons. The highest BCUT2D eigenvalue weighted by Crippen LogP contribution is 2.21. The number of aryl methyl sites for hydroxylation is 1. The number of anilines is 1. The molecule has 3 aromatic rings. The fourth-order valence-corrected chi connectivity index (χ4v) is 3.77. The van der Waals surface area contributed by atoms with Crippen LogP contribution in [-0.2, 0) is 11.3 Å². The lowest BCUT2D eigenvalue weighted by Crippen LogP contribution is -2.40. The van der Waals surface area contributed by atoms with Gasteiger partial charge in [0.1, 0.15) is 12.4 Å². The number of carbonyl (C=O) groups excluding carboxylic acids is 2. The van der Waals surface area contributed by atoms with Gasteiger partial charge in [-0.15, -0.1) is 0 Å². The minimum atomic E-state index is -0.345. The smallest absolute Gasteiger partial charge is 0.325 e. The standard InChI is InChI=1S/C22H23FN4O2/c1-16-14-17-4-2-3-5-20(17)26(16)11-10-24-21(28)15-25-12-13-27(22(25)29)19-8-6-18(23)7-9-19/h2-9,14H,10-13,15H2,1H3,(H,24,28). The first kappa shape index (κ1) is 19.0. The second-order valence-electron chi connectivity index (χ2n) is 7.18. The summed E-state index contributed by atoms with van der Waals surface area (Å²) in [6, 6.07) is 15.8. The Hall–Kier alpha value is -3.35. The quantitative estimate of drug-likeness (QED) is 0.698. The van der Waals surface area contributed by atoms with Crippen LogP contribution in [-0.4, -0.2) is 47.6 Å². The van der Waals surface area contributed by atoms with Crippen LogP contribution in [0.2, 0.25) is 0 Å². The van der Waals surface area contributed by atoms with Crippen molar-refractivity contribution in [1.82, 2.24) is 14.8 Å². The third kappa shape index (κ3) is 3.94. The van der Waals surface area contributed by atoms with E-state index in [9.17, 15) is 14.0 Å². The molecule has 1 N–H and O–H groups in total. The first-order valence-electron chi connectivity index (χ1n) is 9.66. The van der Waals surface area contributed by atoms with Crippen LogP contribution in [0.25, 0.3) is 10.9 Å². The summed E-state index contributed by atoms with van der Waals surface area (Å²) in [4.78, 5) is 27.9. The van der Waals surface area contributed by atoms with E-state index in [1.807, 2.05) is 12.1 Å². The van der Waals surface area contributed by atoms with E-state index in [4.69, 9.17) is 0 Å². The van der Waals surface area contributed by atoms with Crippen molar-refractivity contribution in [2.45, 2.75) is 13.5 Å². The summed E-state index contributed by atoms with van der Waals surface area (Å²) in [5.41, 5.74) is 2.92. The molecule has 0 bridgehead atoms. The molecule has 0 aliphatic carbocycles. The van der Waals surface area contributed by atoms with Gasteiger partial charge in [0.2, 0.25) is 5.91 Å². The lowest BCUT2D eigenvalue weighted by molar-refractivity contribution is -0.121. The molecule has 1 saturated heterocycles. The summed E-state index contributed by atoms with van der Waals surface area (Å²) in [5.74, 6) is -0.532. The fourth-order valence-electron chi connectivity index (χ4n) is 3.77. The van der Waals surface area contributed by atoms with Gasteiger partial charge in [-0.05, 0) is 48.7 Å². The molecule has 1 fully saturated rings. The molecule has 3 amide bonds. The van der Waals surface area contributed by atoms with Crippen molar-refractivity contribution in [3.8, 4) is 0 Å². The van der Waals surface area contributed by atoms with E-state index in [0.717, 1.165) is 11.2 Å². The topological polar surface area (TPSA) is 57.6 Å². The Kier molecular flexibility index (Phi) is 5.20. The van der Waals surface area contributed by atoms with Crippen molar-refractivity contribution in [1.29, 1.82) is 0 Å². The Labute approximate surface area is 168 Å². The summed E-state index contributed by atoms with van der Waals surface area (Å²) in [7, 11) is 0. The maximum absolute atomic E-state index is 13.1. The summed E-state index contributed by atoms with van der Waals surface area (Å²) in [5, 5.41) is 4.08. The van der Waals surface area contributed by atoms with Crippen LogP contribution < -0.4 is 10.2 Å². The Bertz CT molecular complexity index is 1040. The molecule has 0 saturated carbocycles. The van der Waals surface area contributed by atoms with Crippen molar-refractivity contribution in [2.24, 2.45) is 0 Å². The molecule has 2 aromatic carbocycles. The molecular weight excluding hydrogens is 371 g/mol. The number of nitrogens with zero attached hydrogens (tertiary/aromatic N) is 3. The van der Waals surface area contributed by atoms with Gasteiger partial charge >= 0.3 is 6.03 Å². The molecule has 1 aliphatic rings. The molecule has 7 heteroatoms. The molecule has 6 nitrogen and oxygen atoms in total. The predicted octanol–water partition coefficient (Wildman–Crippen LogP) is 3.15. The zero-order chi connectivity index (χ0) is 20.4. The third-order valence-corrected chi connectivity index (χ3v) is 5.24. The van der Waals surface area contributed by atoms with Crippen LogP contribution >= 0.6 is 0 Å². The number of rotatable bonds is 6. The summed E-state index contributed by atoms with van der Waals surface area (Å²) < 4.78 is 15.3.